The Labute approximate surface area is 125 Å². The summed E-state index contributed by atoms with van der Waals surface area (Å²) in [4.78, 5) is 24.7. The standard InChI is InChI=1S/C15H23N3O3/c1-2-21-8-4-7-15(20)18(11-14(17)19)10-12-5-3-6-13(16)9-12/h3,5-6,9H,2,4,7-8,10-11,16H2,1H3,(H2,17,19). The summed E-state index contributed by atoms with van der Waals surface area (Å²) in [6, 6.07) is 7.22. The van der Waals surface area contributed by atoms with Crippen LogP contribution < -0.4 is 11.5 Å². The van der Waals surface area contributed by atoms with Crippen LogP contribution in [0.15, 0.2) is 24.3 Å². The van der Waals surface area contributed by atoms with Crippen LogP contribution in [-0.2, 0) is 20.9 Å². The number of nitrogens with zero attached hydrogens (tertiary/aromatic N) is 1. The molecule has 0 fully saturated rings. The number of carbonyl (C=O) groups is 2. The zero-order valence-electron chi connectivity index (χ0n) is 12.4. The number of carbonyl (C=O) groups excluding carboxylic acids is 2. The number of anilines is 1. The molecule has 0 spiro atoms. The molecule has 0 aliphatic heterocycles. The quantitative estimate of drug-likeness (QED) is 0.522. The minimum atomic E-state index is -0.530. The third-order valence-corrected chi connectivity index (χ3v) is 2.91. The monoisotopic (exact) mass is 293 g/mol. The van der Waals surface area contributed by atoms with Crippen LogP contribution in [0.1, 0.15) is 25.3 Å². The Morgan fingerprint density at radius 2 is 2.10 bits per heavy atom. The molecule has 0 saturated heterocycles. The molecule has 1 aromatic rings. The highest BCUT2D eigenvalue weighted by Crippen LogP contribution is 2.11. The van der Waals surface area contributed by atoms with Crippen LogP contribution in [0.5, 0.6) is 0 Å². The molecular formula is C15H23N3O3. The van der Waals surface area contributed by atoms with Crippen LogP contribution in [0.3, 0.4) is 0 Å². The maximum atomic E-state index is 12.2. The molecule has 1 aromatic carbocycles. The molecule has 116 valence electrons. The van der Waals surface area contributed by atoms with Crippen molar-refractivity contribution in [2.75, 3.05) is 25.5 Å². The molecule has 0 saturated carbocycles. The van der Waals surface area contributed by atoms with Gasteiger partial charge in [0.25, 0.3) is 0 Å². The summed E-state index contributed by atoms with van der Waals surface area (Å²) < 4.78 is 5.20. The molecule has 0 aliphatic carbocycles. The second-order valence-corrected chi connectivity index (χ2v) is 4.76. The highest BCUT2D eigenvalue weighted by Gasteiger charge is 2.16. The molecule has 21 heavy (non-hydrogen) atoms. The van der Waals surface area contributed by atoms with Gasteiger partial charge in [0, 0.05) is 31.9 Å². The molecule has 6 heteroatoms. The predicted octanol–water partition coefficient (Wildman–Crippen LogP) is 0.899. The first-order valence-corrected chi connectivity index (χ1v) is 7.01. The normalized spacial score (nSPS) is 10.3. The first kappa shape index (κ1) is 17.0. The Morgan fingerprint density at radius 1 is 1.33 bits per heavy atom. The number of hydrogen-bond acceptors (Lipinski definition) is 4. The fourth-order valence-electron chi connectivity index (χ4n) is 1.96. The third-order valence-electron chi connectivity index (χ3n) is 2.91. The topological polar surface area (TPSA) is 98.6 Å². The highest BCUT2D eigenvalue weighted by molar-refractivity contribution is 5.83. The summed E-state index contributed by atoms with van der Waals surface area (Å²) in [7, 11) is 0. The fourth-order valence-corrected chi connectivity index (χ4v) is 1.96. The molecule has 2 amide bonds. The average Bonchev–Trinajstić information content (AvgIpc) is 2.42. The minimum Gasteiger partial charge on any atom is -0.399 e. The van der Waals surface area contributed by atoms with Gasteiger partial charge < -0.3 is 21.1 Å². The van der Waals surface area contributed by atoms with Crippen LogP contribution in [-0.4, -0.2) is 36.5 Å². The first-order valence-electron chi connectivity index (χ1n) is 7.01. The molecule has 0 aliphatic rings. The largest absolute Gasteiger partial charge is 0.399 e. The second kappa shape index (κ2) is 8.97. The van der Waals surface area contributed by atoms with E-state index in [0.717, 1.165) is 5.56 Å². The van der Waals surface area contributed by atoms with Crippen molar-refractivity contribution in [3.05, 3.63) is 29.8 Å². The van der Waals surface area contributed by atoms with E-state index in [-0.39, 0.29) is 12.5 Å². The molecule has 4 N–H and O–H groups in total. The van der Waals surface area contributed by atoms with Crippen molar-refractivity contribution in [3.63, 3.8) is 0 Å². The van der Waals surface area contributed by atoms with Crippen molar-refractivity contribution in [1.82, 2.24) is 4.90 Å². The number of ether oxygens (including phenoxy) is 1. The number of nitrogens with two attached hydrogens (primary N) is 2. The summed E-state index contributed by atoms with van der Waals surface area (Å²) in [5.74, 6) is -0.645. The molecule has 0 radical (unpaired) electrons. The van der Waals surface area contributed by atoms with Gasteiger partial charge in [-0.3, -0.25) is 9.59 Å². The number of primary amides is 1. The van der Waals surface area contributed by atoms with E-state index in [4.69, 9.17) is 16.2 Å². The summed E-state index contributed by atoms with van der Waals surface area (Å²) in [5, 5.41) is 0. The van der Waals surface area contributed by atoms with Crippen LogP contribution in [0.25, 0.3) is 0 Å². The van der Waals surface area contributed by atoms with E-state index >= 15 is 0 Å². The van der Waals surface area contributed by atoms with E-state index < -0.39 is 5.91 Å². The van der Waals surface area contributed by atoms with Gasteiger partial charge in [-0.2, -0.15) is 0 Å². The molecule has 1 rings (SSSR count). The van der Waals surface area contributed by atoms with Gasteiger partial charge >= 0.3 is 0 Å². The van der Waals surface area contributed by atoms with Crippen molar-refractivity contribution >= 4 is 17.5 Å². The van der Waals surface area contributed by atoms with Crippen molar-refractivity contribution < 1.29 is 14.3 Å². The maximum absolute atomic E-state index is 12.2. The van der Waals surface area contributed by atoms with Crippen LogP contribution in [0.2, 0.25) is 0 Å². The first-order chi connectivity index (χ1) is 10.0. The van der Waals surface area contributed by atoms with Crippen molar-refractivity contribution in [3.8, 4) is 0 Å². The molecule has 0 aromatic heterocycles. The van der Waals surface area contributed by atoms with Gasteiger partial charge in [-0.15, -0.1) is 0 Å². The van der Waals surface area contributed by atoms with E-state index in [1.165, 1.54) is 4.90 Å². The highest BCUT2D eigenvalue weighted by atomic mass is 16.5. The van der Waals surface area contributed by atoms with E-state index in [1.807, 2.05) is 19.1 Å². The van der Waals surface area contributed by atoms with Gasteiger partial charge in [-0.25, -0.2) is 0 Å². The lowest BCUT2D eigenvalue weighted by atomic mass is 10.1. The number of nitrogen functional groups attached to an aromatic ring is 1. The smallest absolute Gasteiger partial charge is 0.237 e. The average molecular weight is 293 g/mol. The van der Waals surface area contributed by atoms with Gasteiger partial charge in [0.1, 0.15) is 0 Å². The minimum absolute atomic E-state index is 0.0950. The Balaban J connectivity index is 2.62. The number of rotatable bonds is 9. The molecule has 0 heterocycles. The van der Waals surface area contributed by atoms with E-state index in [0.29, 0.717) is 38.3 Å². The van der Waals surface area contributed by atoms with E-state index in [1.54, 1.807) is 12.1 Å². The van der Waals surface area contributed by atoms with Gasteiger partial charge in [0.15, 0.2) is 0 Å². The van der Waals surface area contributed by atoms with Crippen molar-refractivity contribution in [2.45, 2.75) is 26.3 Å². The lowest BCUT2D eigenvalue weighted by Crippen LogP contribution is -2.38. The Kier molecular flexibility index (Phi) is 7.25. The van der Waals surface area contributed by atoms with Crippen LogP contribution >= 0.6 is 0 Å². The van der Waals surface area contributed by atoms with E-state index in [9.17, 15) is 9.59 Å². The van der Waals surface area contributed by atoms with Crippen LogP contribution in [0, 0.1) is 0 Å². The SMILES string of the molecule is CCOCCCC(=O)N(CC(N)=O)Cc1cccc(N)c1. The molecule has 0 unspecified atom stereocenters. The fraction of sp³-hybridized carbons (Fsp3) is 0.467. The lowest BCUT2D eigenvalue weighted by Gasteiger charge is -2.21. The maximum Gasteiger partial charge on any atom is 0.237 e. The number of amides is 2. The zero-order valence-corrected chi connectivity index (χ0v) is 12.4. The molecule has 0 bridgehead atoms. The molecular weight excluding hydrogens is 270 g/mol. The van der Waals surface area contributed by atoms with E-state index in [2.05, 4.69) is 0 Å². The molecule has 0 atom stereocenters. The zero-order chi connectivity index (χ0) is 15.7. The van der Waals surface area contributed by atoms with Crippen molar-refractivity contribution in [1.29, 1.82) is 0 Å². The summed E-state index contributed by atoms with van der Waals surface area (Å²) in [6.07, 6.45) is 0.953. The van der Waals surface area contributed by atoms with Gasteiger partial charge in [-0.1, -0.05) is 12.1 Å². The predicted molar refractivity (Wildman–Crippen MR) is 81.2 cm³/mol. The van der Waals surface area contributed by atoms with Gasteiger partial charge in [0.2, 0.25) is 11.8 Å². The third kappa shape index (κ3) is 6.76. The number of hydrogen-bond donors (Lipinski definition) is 2. The second-order valence-electron chi connectivity index (χ2n) is 4.76. The Hall–Kier alpha value is -2.08. The van der Waals surface area contributed by atoms with Crippen LogP contribution in [0.4, 0.5) is 5.69 Å². The number of benzene rings is 1. The van der Waals surface area contributed by atoms with Crippen molar-refractivity contribution in [2.24, 2.45) is 5.73 Å². The lowest BCUT2D eigenvalue weighted by molar-refractivity contribution is -0.136. The summed E-state index contributed by atoms with van der Waals surface area (Å²) in [6.45, 7) is 3.29. The summed E-state index contributed by atoms with van der Waals surface area (Å²) >= 11 is 0. The Bertz CT molecular complexity index is 477. The van der Waals surface area contributed by atoms with Gasteiger partial charge in [-0.05, 0) is 31.0 Å². The molecule has 6 nitrogen and oxygen atoms in total. The summed E-state index contributed by atoms with van der Waals surface area (Å²) in [5.41, 5.74) is 12.4. The Morgan fingerprint density at radius 3 is 2.71 bits per heavy atom. The van der Waals surface area contributed by atoms with Gasteiger partial charge in [0.05, 0.1) is 6.54 Å².